The molecule has 2 nitrogen and oxygen atoms in total. The van der Waals surface area contributed by atoms with Gasteiger partial charge in [0.25, 0.3) is 0 Å². The lowest BCUT2D eigenvalue weighted by Crippen LogP contribution is -2.02. The minimum atomic E-state index is -0.668. The molecule has 0 aliphatic heterocycles. The molecule has 82 valence electrons. The molecule has 0 bridgehead atoms. The normalized spacial score (nSPS) is 12.4. The van der Waals surface area contributed by atoms with Crippen molar-refractivity contribution in [3.05, 3.63) is 63.9 Å². The van der Waals surface area contributed by atoms with E-state index in [0.29, 0.717) is 5.69 Å². The van der Waals surface area contributed by atoms with Crippen molar-refractivity contribution in [2.24, 2.45) is 0 Å². The molecule has 2 rings (SSSR count). The van der Waals surface area contributed by atoms with Crippen molar-refractivity contribution < 1.29 is 5.11 Å². The van der Waals surface area contributed by atoms with E-state index in [2.05, 4.69) is 20.9 Å². The lowest BCUT2D eigenvalue weighted by Gasteiger charge is -2.10. The van der Waals surface area contributed by atoms with Crippen molar-refractivity contribution in [2.75, 3.05) is 0 Å². The Kier molecular flexibility index (Phi) is 3.36. The van der Waals surface area contributed by atoms with Gasteiger partial charge in [0.2, 0.25) is 0 Å². The molecule has 1 unspecified atom stereocenters. The summed E-state index contributed by atoms with van der Waals surface area (Å²) in [6, 6.07) is 13.3. The summed E-state index contributed by atoms with van der Waals surface area (Å²) in [6.07, 6.45) is -0.668. The van der Waals surface area contributed by atoms with Gasteiger partial charge in [0.1, 0.15) is 10.7 Å². The van der Waals surface area contributed by atoms with Gasteiger partial charge in [-0.2, -0.15) is 0 Å². The Hall–Kier alpha value is -1.19. The number of hydrogen-bond donors (Lipinski definition) is 1. The number of nitrogens with zero attached hydrogens (tertiary/aromatic N) is 1. The lowest BCUT2D eigenvalue weighted by atomic mass is 10.0. The van der Waals surface area contributed by atoms with Crippen LogP contribution in [0, 0.1) is 6.92 Å². The number of rotatable bonds is 2. The standard InChI is InChI=1S/C13H12BrNO/c1-9-5-7-10(8-6-9)13(16)11-3-2-4-12(14)15-11/h2-8,13,16H,1H3. The SMILES string of the molecule is Cc1ccc(C(O)c2cccc(Br)n2)cc1. The molecule has 0 fully saturated rings. The summed E-state index contributed by atoms with van der Waals surface area (Å²) in [5.74, 6) is 0. The van der Waals surface area contributed by atoms with Crippen LogP contribution < -0.4 is 0 Å². The summed E-state index contributed by atoms with van der Waals surface area (Å²) in [7, 11) is 0. The Labute approximate surface area is 103 Å². The lowest BCUT2D eigenvalue weighted by molar-refractivity contribution is 0.215. The molecule has 16 heavy (non-hydrogen) atoms. The van der Waals surface area contributed by atoms with E-state index in [1.807, 2.05) is 49.4 Å². The molecule has 1 heterocycles. The summed E-state index contributed by atoms with van der Waals surface area (Å²) in [5, 5.41) is 10.1. The number of halogens is 1. The Morgan fingerprint density at radius 2 is 1.81 bits per heavy atom. The predicted molar refractivity (Wildman–Crippen MR) is 67.2 cm³/mol. The van der Waals surface area contributed by atoms with E-state index in [1.54, 1.807) is 0 Å². The molecule has 1 N–H and O–H groups in total. The highest BCUT2D eigenvalue weighted by molar-refractivity contribution is 9.10. The van der Waals surface area contributed by atoms with Crippen LogP contribution >= 0.6 is 15.9 Å². The molecule has 1 aromatic carbocycles. The predicted octanol–water partition coefficient (Wildman–Crippen LogP) is 3.23. The highest BCUT2D eigenvalue weighted by Crippen LogP contribution is 2.21. The Balaban J connectivity index is 2.31. The fraction of sp³-hybridized carbons (Fsp3) is 0.154. The van der Waals surface area contributed by atoms with Gasteiger partial charge in [0.15, 0.2) is 0 Å². The van der Waals surface area contributed by atoms with Crippen LogP contribution in [0.1, 0.15) is 22.9 Å². The van der Waals surface area contributed by atoms with E-state index in [0.717, 1.165) is 10.2 Å². The minimum Gasteiger partial charge on any atom is -0.382 e. The van der Waals surface area contributed by atoms with Crippen LogP contribution in [0.3, 0.4) is 0 Å². The van der Waals surface area contributed by atoms with Crippen molar-refractivity contribution in [3.63, 3.8) is 0 Å². The second-order valence-electron chi connectivity index (χ2n) is 3.70. The van der Waals surface area contributed by atoms with Crippen molar-refractivity contribution in [1.29, 1.82) is 0 Å². The molecular formula is C13H12BrNO. The molecule has 0 saturated carbocycles. The third-order valence-electron chi connectivity index (χ3n) is 2.41. The summed E-state index contributed by atoms with van der Waals surface area (Å²) in [5.41, 5.74) is 2.69. The molecule has 1 aromatic heterocycles. The fourth-order valence-corrected chi connectivity index (χ4v) is 1.85. The van der Waals surface area contributed by atoms with Gasteiger partial charge in [-0.3, -0.25) is 0 Å². The van der Waals surface area contributed by atoms with Gasteiger partial charge < -0.3 is 5.11 Å². The van der Waals surface area contributed by atoms with Crippen LogP contribution in [-0.4, -0.2) is 10.1 Å². The van der Waals surface area contributed by atoms with Gasteiger partial charge in [0, 0.05) is 0 Å². The van der Waals surface area contributed by atoms with E-state index in [4.69, 9.17) is 0 Å². The second kappa shape index (κ2) is 4.76. The molecule has 3 heteroatoms. The number of aliphatic hydroxyl groups excluding tert-OH is 1. The summed E-state index contributed by atoms with van der Waals surface area (Å²) in [4.78, 5) is 4.24. The average Bonchev–Trinajstić information content (AvgIpc) is 2.29. The number of aryl methyl sites for hydroxylation is 1. The van der Waals surface area contributed by atoms with Gasteiger partial charge in [-0.25, -0.2) is 4.98 Å². The first-order valence-electron chi connectivity index (χ1n) is 5.04. The highest BCUT2D eigenvalue weighted by Gasteiger charge is 2.11. The third-order valence-corrected chi connectivity index (χ3v) is 2.85. The Morgan fingerprint density at radius 3 is 2.44 bits per heavy atom. The van der Waals surface area contributed by atoms with Gasteiger partial charge >= 0.3 is 0 Å². The van der Waals surface area contributed by atoms with Crippen molar-refractivity contribution in [3.8, 4) is 0 Å². The minimum absolute atomic E-state index is 0.651. The molecule has 0 saturated heterocycles. The van der Waals surface area contributed by atoms with E-state index < -0.39 is 6.10 Å². The molecule has 2 aromatic rings. The average molecular weight is 278 g/mol. The maximum absolute atomic E-state index is 10.1. The third kappa shape index (κ3) is 2.49. The quantitative estimate of drug-likeness (QED) is 0.855. The van der Waals surface area contributed by atoms with Gasteiger partial charge in [0.05, 0.1) is 5.69 Å². The number of aliphatic hydroxyl groups is 1. The highest BCUT2D eigenvalue weighted by atomic mass is 79.9. The maximum atomic E-state index is 10.1. The Bertz CT molecular complexity index is 482. The monoisotopic (exact) mass is 277 g/mol. The van der Waals surface area contributed by atoms with Crippen molar-refractivity contribution in [1.82, 2.24) is 4.98 Å². The van der Waals surface area contributed by atoms with E-state index in [-0.39, 0.29) is 0 Å². The molecule has 0 spiro atoms. The zero-order chi connectivity index (χ0) is 11.5. The molecular weight excluding hydrogens is 266 g/mol. The number of aromatic nitrogens is 1. The zero-order valence-corrected chi connectivity index (χ0v) is 10.5. The molecule has 0 radical (unpaired) electrons. The molecule has 1 atom stereocenters. The molecule has 0 aliphatic rings. The van der Waals surface area contributed by atoms with Crippen LogP contribution in [0.5, 0.6) is 0 Å². The number of pyridine rings is 1. The first-order chi connectivity index (χ1) is 7.66. The van der Waals surface area contributed by atoms with Gasteiger partial charge in [-0.15, -0.1) is 0 Å². The summed E-state index contributed by atoms with van der Waals surface area (Å²) >= 11 is 3.29. The topological polar surface area (TPSA) is 33.1 Å². The summed E-state index contributed by atoms with van der Waals surface area (Å²) < 4.78 is 0.733. The van der Waals surface area contributed by atoms with Crippen LogP contribution in [0.4, 0.5) is 0 Å². The molecule has 0 amide bonds. The largest absolute Gasteiger partial charge is 0.382 e. The second-order valence-corrected chi connectivity index (χ2v) is 4.51. The zero-order valence-electron chi connectivity index (χ0n) is 8.89. The summed E-state index contributed by atoms with van der Waals surface area (Å²) in [6.45, 7) is 2.02. The first kappa shape index (κ1) is 11.3. The number of hydrogen-bond acceptors (Lipinski definition) is 2. The first-order valence-corrected chi connectivity index (χ1v) is 5.83. The van der Waals surface area contributed by atoms with Gasteiger partial charge in [-0.1, -0.05) is 35.9 Å². The van der Waals surface area contributed by atoms with E-state index in [1.165, 1.54) is 5.56 Å². The molecule has 0 aliphatic carbocycles. The van der Waals surface area contributed by atoms with E-state index in [9.17, 15) is 5.11 Å². The fourth-order valence-electron chi connectivity index (χ4n) is 1.50. The number of benzene rings is 1. The maximum Gasteiger partial charge on any atom is 0.121 e. The Morgan fingerprint density at radius 1 is 1.12 bits per heavy atom. The van der Waals surface area contributed by atoms with E-state index >= 15 is 0 Å². The van der Waals surface area contributed by atoms with Crippen LogP contribution in [0.15, 0.2) is 47.1 Å². The van der Waals surface area contributed by atoms with Gasteiger partial charge in [-0.05, 0) is 40.5 Å². The van der Waals surface area contributed by atoms with Crippen molar-refractivity contribution in [2.45, 2.75) is 13.0 Å². The smallest absolute Gasteiger partial charge is 0.121 e. The van der Waals surface area contributed by atoms with Crippen LogP contribution in [0.25, 0.3) is 0 Å². The van der Waals surface area contributed by atoms with Crippen LogP contribution in [-0.2, 0) is 0 Å². The van der Waals surface area contributed by atoms with Crippen molar-refractivity contribution >= 4 is 15.9 Å². The van der Waals surface area contributed by atoms with Crippen LogP contribution in [0.2, 0.25) is 0 Å².